The van der Waals surface area contributed by atoms with E-state index in [9.17, 15) is 4.79 Å². The van der Waals surface area contributed by atoms with Crippen LogP contribution in [0.1, 0.15) is 37.7 Å². The zero-order valence-electron chi connectivity index (χ0n) is 12.2. The predicted octanol–water partition coefficient (Wildman–Crippen LogP) is 2.61. The minimum absolute atomic E-state index is 0.0628. The van der Waals surface area contributed by atoms with Gasteiger partial charge >= 0.3 is 0 Å². The van der Waals surface area contributed by atoms with Gasteiger partial charge in [-0.3, -0.25) is 4.79 Å². The predicted molar refractivity (Wildman–Crippen MR) is 80.6 cm³/mol. The molecule has 110 valence electrons. The third-order valence-electron chi connectivity index (χ3n) is 3.89. The van der Waals surface area contributed by atoms with Crippen LogP contribution in [-0.4, -0.2) is 24.7 Å². The van der Waals surface area contributed by atoms with Crippen LogP contribution in [-0.2, 0) is 9.53 Å². The Balaban J connectivity index is 1.74. The number of anilines is 1. The molecule has 0 atom stereocenters. The van der Waals surface area contributed by atoms with Gasteiger partial charge in [-0.05, 0) is 31.4 Å². The highest BCUT2D eigenvalue weighted by atomic mass is 16.5. The molecule has 4 heteroatoms. The van der Waals surface area contributed by atoms with Crippen LogP contribution in [0.5, 0.6) is 0 Å². The largest absolute Gasteiger partial charge is 0.370 e. The van der Waals surface area contributed by atoms with Gasteiger partial charge in [0, 0.05) is 11.2 Å². The van der Waals surface area contributed by atoms with Gasteiger partial charge < -0.3 is 15.8 Å². The van der Waals surface area contributed by atoms with Gasteiger partial charge in [-0.15, -0.1) is 0 Å². The van der Waals surface area contributed by atoms with Gasteiger partial charge in [0.05, 0.1) is 6.61 Å². The fourth-order valence-corrected chi connectivity index (χ4v) is 2.65. The van der Waals surface area contributed by atoms with Gasteiger partial charge in [0.1, 0.15) is 6.61 Å². The van der Waals surface area contributed by atoms with Crippen LogP contribution in [0, 0.1) is 6.92 Å². The van der Waals surface area contributed by atoms with Crippen LogP contribution in [0.2, 0.25) is 0 Å². The van der Waals surface area contributed by atoms with E-state index >= 15 is 0 Å². The quantitative estimate of drug-likeness (QED) is 0.869. The average molecular weight is 276 g/mol. The van der Waals surface area contributed by atoms with Crippen LogP contribution in [0.4, 0.5) is 5.69 Å². The smallest absolute Gasteiger partial charge is 0.250 e. The van der Waals surface area contributed by atoms with Crippen molar-refractivity contribution in [3.8, 4) is 0 Å². The first kappa shape index (κ1) is 15.0. The molecule has 0 aromatic heterocycles. The molecule has 1 saturated carbocycles. The summed E-state index contributed by atoms with van der Waals surface area (Å²) in [4.78, 5) is 11.8. The Bertz CT molecular complexity index is 454. The summed E-state index contributed by atoms with van der Waals surface area (Å²) in [6, 6.07) is 7.70. The molecule has 0 saturated heterocycles. The van der Waals surface area contributed by atoms with Crippen LogP contribution >= 0.6 is 0 Å². The minimum Gasteiger partial charge on any atom is -0.370 e. The second-order valence-electron chi connectivity index (χ2n) is 5.78. The van der Waals surface area contributed by atoms with Crippen molar-refractivity contribution < 1.29 is 9.53 Å². The Morgan fingerprint density at radius 2 is 2.00 bits per heavy atom. The summed E-state index contributed by atoms with van der Waals surface area (Å²) in [6.45, 7) is 2.49. The third kappa shape index (κ3) is 4.32. The summed E-state index contributed by atoms with van der Waals surface area (Å²) in [5.41, 5.74) is 7.91. The first-order valence-electron chi connectivity index (χ1n) is 7.31. The monoisotopic (exact) mass is 276 g/mol. The Morgan fingerprint density at radius 1 is 1.30 bits per heavy atom. The van der Waals surface area contributed by atoms with Crippen molar-refractivity contribution >= 4 is 11.6 Å². The Morgan fingerprint density at radius 3 is 2.70 bits per heavy atom. The molecule has 1 aromatic carbocycles. The van der Waals surface area contributed by atoms with Gasteiger partial charge in [0.15, 0.2) is 0 Å². The number of rotatable bonds is 5. The molecular formula is C16H24N2O2. The molecule has 0 heterocycles. The number of aryl methyl sites for hydroxylation is 1. The molecule has 1 amide bonds. The Kier molecular flexibility index (Phi) is 5.15. The zero-order valence-corrected chi connectivity index (χ0v) is 12.2. The molecule has 20 heavy (non-hydrogen) atoms. The lowest BCUT2D eigenvalue weighted by Gasteiger charge is -2.32. The first-order chi connectivity index (χ1) is 9.59. The highest BCUT2D eigenvalue weighted by Gasteiger charge is 2.27. The van der Waals surface area contributed by atoms with E-state index in [4.69, 9.17) is 10.5 Å². The zero-order chi connectivity index (χ0) is 14.4. The number of nitrogens with two attached hydrogens (primary N) is 1. The molecule has 0 bridgehead atoms. The highest BCUT2D eigenvalue weighted by molar-refractivity contribution is 5.92. The summed E-state index contributed by atoms with van der Waals surface area (Å²) >= 11 is 0. The van der Waals surface area contributed by atoms with Crippen molar-refractivity contribution in [2.45, 2.75) is 44.6 Å². The molecule has 2 rings (SSSR count). The van der Waals surface area contributed by atoms with Crippen molar-refractivity contribution in [2.24, 2.45) is 5.73 Å². The molecule has 4 nitrogen and oxygen atoms in total. The number of carbonyl (C=O) groups is 1. The normalized spacial score (nSPS) is 17.7. The number of benzene rings is 1. The minimum atomic E-state index is -0.235. The van der Waals surface area contributed by atoms with E-state index in [2.05, 4.69) is 5.32 Å². The van der Waals surface area contributed by atoms with Gasteiger partial charge in [0.2, 0.25) is 5.91 Å². The maximum absolute atomic E-state index is 11.8. The van der Waals surface area contributed by atoms with Crippen LogP contribution in [0.25, 0.3) is 0 Å². The number of nitrogens with one attached hydrogen (secondary N) is 1. The number of amides is 1. The lowest BCUT2D eigenvalue weighted by Crippen LogP contribution is -2.46. The molecular weight excluding hydrogens is 252 g/mol. The van der Waals surface area contributed by atoms with E-state index in [1.165, 1.54) is 6.42 Å². The third-order valence-corrected chi connectivity index (χ3v) is 3.89. The Hall–Kier alpha value is -1.39. The number of carbonyl (C=O) groups excluding carboxylic acids is 1. The van der Waals surface area contributed by atoms with E-state index in [1.54, 1.807) is 0 Å². The summed E-state index contributed by atoms with van der Waals surface area (Å²) in [5, 5.41) is 2.86. The second kappa shape index (κ2) is 6.86. The van der Waals surface area contributed by atoms with Crippen molar-refractivity contribution in [3.63, 3.8) is 0 Å². The molecule has 3 N–H and O–H groups in total. The SMILES string of the molecule is Cc1ccccc1NC(=O)COCC1(N)CCCCC1. The molecule has 0 unspecified atom stereocenters. The van der Waals surface area contributed by atoms with Gasteiger partial charge in [-0.1, -0.05) is 37.5 Å². The number of hydrogen-bond donors (Lipinski definition) is 2. The van der Waals surface area contributed by atoms with Gasteiger partial charge in [0.25, 0.3) is 0 Å². The summed E-state index contributed by atoms with van der Waals surface area (Å²) in [7, 11) is 0. The number of para-hydroxylation sites is 1. The van der Waals surface area contributed by atoms with Crippen LogP contribution in [0.3, 0.4) is 0 Å². The fraction of sp³-hybridized carbons (Fsp3) is 0.562. The van der Waals surface area contributed by atoms with Crippen molar-refractivity contribution in [2.75, 3.05) is 18.5 Å². The molecule has 0 spiro atoms. The molecule has 1 aliphatic carbocycles. The van der Waals surface area contributed by atoms with Crippen LogP contribution < -0.4 is 11.1 Å². The second-order valence-corrected chi connectivity index (χ2v) is 5.78. The summed E-state index contributed by atoms with van der Waals surface area (Å²) < 4.78 is 5.51. The van der Waals surface area contributed by atoms with Crippen molar-refractivity contribution in [3.05, 3.63) is 29.8 Å². The molecule has 1 fully saturated rings. The molecule has 0 radical (unpaired) electrons. The lowest BCUT2D eigenvalue weighted by atomic mass is 9.83. The van der Waals surface area contributed by atoms with E-state index in [1.807, 2.05) is 31.2 Å². The van der Waals surface area contributed by atoms with Crippen molar-refractivity contribution in [1.29, 1.82) is 0 Å². The Labute approximate surface area is 120 Å². The van der Waals surface area contributed by atoms with Crippen LogP contribution in [0.15, 0.2) is 24.3 Å². The fourth-order valence-electron chi connectivity index (χ4n) is 2.65. The highest BCUT2D eigenvalue weighted by Crippen LogP contribution is 2.25. The van der Waals surface area contributed by atoms with E-state index in [0.717, 1.165) is 36.9 Å². The summed E-state index contributed by atoms with van der Waals surface area (Å²) in [6.07, 6.45) is 5.57. The number of hydrogen-bond acceptors (Lipinski definition) is 3. The molecule has 1 aromatic rings. The lowest BCUT2D eigenvalue weighted by molar-refractivity contribution is -0.121. The topological polar surface area (TPSA) is 64.3 Å². The maximum atomic E-state index is 11.8. The standard InChI is InChI=1S/C16H24N2O2/c1-13-7-3-4-8-14(13)18-15(19)11-20-12-16(17)9-5-2-6-10-16/h3-4,7-8H,2,5-6,9-12,17H2,1H3,(H,18,19). The van der Waals surface area contributed by atoms with Gasteiger partial charge in [-0.25, -0.2) is 0 Å². The van der Waals surface area contributed by atoms with E-state index in [0.29, 0.717) is 6.61 Å². The van der Waals surface area contributed by atoms with Gasteiger partial charge in [-0.2, -0.15) is 0 Å². The maximum Gasteiger partial charge on any atom is 0.250 e. The number of ether oxygens (including phenoxy) is 1. The molecule has 1 aliphatic rings. The van der Waals surface area contributed by atoms with E-state index < -0.39 is 0 Å². The average Bonchev–Trinajstić information content (AvgIpc) is 2.42. The first-order valence-corrected chi connectivity index (χ1v) is 7.31. The molecule has 0 aliphatic heterocycles. The summed E-state index contributed by atoms with van der Waals surface area (Å²) in [5.74, 6) is -0.126. The van der Waals surface area contributed by atoms with E-state index in [-0.39, 0.29) is 18.1 Å². The van der Waals surface area contributed by atoms with Crippen molar-refractivity contribution in [1.82, 2.24) is 0 Å².